The molecule has 0 N–H and O–H groups in total. The van der Waals surface area contributed by atoms with Gasteiger partial charge < -0.3 is 18.9 Å². The fourth-order valence-corrected chi connectivity index (χ4v) is 2.77. The standard InChI is InChI=1S/C19H18BrClO6/c1-12(26-17-7-6-14(21)11-16(17)20)18(22)27-15-5-3-4-13(10-15)19(23)25-9-8-24-2/h3-7,10-12H,8-9H2,1-2H3. The average molecular weight is 458 g/mol. The lowest BCUT2D eigenvalue weighted by Gasteiger charge is -2.15. The smallest absolute Gasteiger partial charge is 0.352 e. The fourth-order valence-electron chi connectivity index (χ4n) is 2.00. The first-order chi connectivity index (χ1) is 12.9. The summed E-state index contributed by atoms with van der Waals surface area (Å²) in [7, 11) is 1.51. The number of hydrogen-bond donors (Lipinski definition) is 0. The molecule has 0 heterocycles. The predicted molar refractivity (Wildman–Crippen MR) is 103 cm³/mol. The topological polar surface area (TPSA) is 71.1 Å². The molecular formula is C19H18BrClO6. The minimum Gasteiger partial charge on any atom is -0.478 e. The summed E-state index contributed by atoms with van der Waals surface area (Å²) >= 11 is 9.20. The first kappa shape index (κ1) is 21.2. The Labute approximate surface area is 170 Å². The van der Waals surface area contributed by atoms with E-state index in [9.17, 15) is 9.59 Å². The molecule has 0 aliphatic heterocycles. The highest BCUT2D eigenvalue weighted by molar-refractivity contribution is 9.10. The molecule has 0 bridgehead atoms. The van der Waals surface area contributed by atoms with Crippen LogP contribution in [-0.2, 0) is 14.3 Å². The molecule has 144 valence electrons. The summed E-state index contributed by atoms with van der Waals surface area (Å²) in [4.78, 5) is 24.2. The monoisotopic (exact) mass is 456 g/mol. The summed E-state index contributed by atoms with van der Waals surface area (Å²) in [6.07, 6.45) is -0.875. The van der Waals surface area contributed by atoms with Crippen LogP contribution in [0.15, 0.2) is 46.9 Å². The third-order valence-corrected chi connectivity index (χ3v) is 4.19. The van der Waals surface area contributed by atoms with E-state index in [0.29, 0.717) is 21.9 Å². The highest BCUT2D eigenvalue weighted by Crippen LogP contribution is 2.29. The van der Waals surface area contributed by atoms with E-state index in [1.807, 2.05) is 0 Å². The second kappa shape index (κ2) is 10.3. The van der Waals surface area contributed by atoms with Gasteiger partial charge in [0.2, 0.25) is 0 Å². The van der Waals surface area contributed by atoms with Crippen molar-refractivity contribution in [2.75, 3.05) is 20.3 Å². The van der Waals surface area contributed by atoms with Gasteiger partial charge in [-0.05, 0) is 59.3 Å². The van der Waals surface area contributed by atoms with Crippen molar-refractivity contribution in [2.45, 2.75) is 13.0 Å². The Hall–Kier alpha value is -2.09. The number of esters is 2. The maximum Gasteiger partial charge on any atom is 0.352 e. The molecule has 27 heavy (non-hydrogen) atoms. The van der Waals surface area contributed by atoms with Gasteiger partial charge >= 0.3 is 11.9 Å². The Bertz CT molecular complexity index is 811. The molecule has 2 rings (SSSR count). The summed E-state index contributed by atoms with van der Waals surface area (Å²) < 4.78 is 21.4. The highest BCUT2D eigenvalue weighted by atomic mass is 79.9. The zero-order valence-electron chi connectivity index (χ0n) is 14.7. The van der Waals surface area contributed by atoms with Crippen LogP contribution in [0.3, 0.4) is 0 Å². The number of methoxy groups -OCH3 is 1. The molecule has 0 aliphatic carbocycles. The Morgan fingerprint density at radius 2 is 1.93 bits per heavy atom. The number of carbonyl (C=O) groups is 2. The lowest BCUT2D eigenvalue weighted by atomic mass is 10.2. The van der Waals surface area contributed by atoms with Crippen LogP contribution in [0.5, 0.6) is 11.5 Å². The quantitative estimate of drug-likeness (QED) is 0.335. The summed E-state index contributed by atoms with van der Waals surface area (Å²) in [6, 6.07) is 11.1. The van der Waals surface area contributed by atoms with Crippen LogP contribution in [0, 0.1) is 0 Å². The molecule has 2 aromatic carbocycles. The minimum absolute atomic E-state index is 0.139. The third-order valence-electron chi connectivity index (χ3n) is 3.34. The Morgan fingerprint density at radius 3 is 2.63 bits per heavy atom. The maximum absolute atomic E-state index is 12.3. The zero-order valence-corrected chi connectivity index (χ0v) is 17.1. The lowest BCUT2D eigenvalue weighted by molar-refractivity contribution is -0.141. The predicted octanol–water partition coefficient (Wildman–Crippen LogP) is 4.28. The van der Waals surface area contributed by atoms with E-state index < -0.39 is 18.0 Å². The van der Waals surface area contributed by atoms with E-state index in [4.69, 9.17) is 30.5 Å². The fraction of sp³-hybridized carbons (Fsp3) is 0.263. The third kappa shape index (κ3) is 6.53. The Morgan fingerprint density at radius 1 is 1.15 bits per heavy atom. The zero-order chi connectivity index (χ0) is 19.8. The number of halogens is 2. The van der Waals surface area contributed by atoms with Crippen LogP contribution in [0.1, 0.15) is 17.3 Å². The van der Waals surface area contributed by atoms with E-state index in [0.717, 1.165) is 0 Å². The van der Waals surface area contributed by atoms with Gasteiger partial charge in [-0.3, -0.25) is 0 Å². The van der Waals surface area contributed by atoms with Crippen LogP contribution in [-0.4, -0.2) is 38.4 Å². The van der Waals surface area contributed by atoms with Crippen LogP contribution in [0.25, 0.3) is 0 Å². The molecule has 0 radical (unpaired) electrons. The Kier molecular flexibility index (Phi) is 8.09. The molecule has 6 nitrogen and oxygen atoms in total. The van der Waals surface area contributed by atoms with E-state index in [2.05, 4.69) is 15.9 Å². The normalized spacial score (nSPS) is 11.6. The van der Waals surface area contributed by atoms with Gasteiger partial charge in [-0.2, -0.15) is 0 Å². The van der Waals surface area contributed by atoms with Crippen molar-refractivity contribution in [1.29, 1.82) is 0 Å². The van der Waals surface area contributed by atoms with Crippen LogP contribution in [0.4, 0.5) is 0 Å². The average Bonchev–Trinajstić information content (AvgIpc) is 2.64. The lowest BCUT2D eigenvalue weighted by Crippen LogP contribution is -2.28. The van der Waals surface area contributed by atoms with Gasteiger partial charge in [-0.25, -0.2) is 9.59 Å². The van der Waals surface area contributed by atoms with Crippen molar-refractivity contribution in [1.82, 2.24) is 0 Å². The number of ether oxygens (including phenoxy) is 4. The van der Waals surface area contributed by atoms with Gasteiger partial charge in [-0.15, -0.1) is 0 Å². The largest absolute Gasteiger partial charge is 0.478 e. The summed E-state index contributed by atoms with van der Waals surface area (Å²) in [5.74, 6) is -0.466. The van der Waals surface area contributed by atoms with Gasteiger partial charge in [0.15, 0.2) is 6.10 Å². The maximum atomic E-state index is 12.3. The molecule has 1 unspecified atom stereocenters. The van der Waals surface area contributed by atoms with Crippen molar-refractivity contribution in [3.63, 3.8) is 0 Å². The van der Waals surface area contributed by atoms with Crippen LogP contribution in [0.2, 0.25) is 5.02 Å². The molecule has 1 atom stereocenters. The van der Waals surface area contributed by atoms with Crippen molar-refractivity contribution in [3.05, 3.63) is 57.5 Å². The van der Waals surface area contributed by atoms with E-state index in [1.54, 1.807) is 43.3 Å². The number of rotatable bonds is 8. The summed E-state index contributed by atoms with van der Waals surface area (Å²) in [6.45, 7) is 2.00. The molecule has 0 saturated carbocycles. The van der Waals surface area contributed by atoms with E-state index in [1.165, 1.54) is 13.2 Å². The van der Waals surface area contributed by atoms with Crippen LogP contribution >= 0.6 is 27.5 Å². The van der Waals surface area contributed by atoms with E-state index in [-0.39, 0.29) is 17.9 Å². The van der Waals surface area contributed by atoms with Crippen molar-refractivity contribution in [2.24, 2.45) is 0 Å². The number of benzene rings is 2. The van der Waals surface area contributed by atoms with Gasteiger partial charge in [0.05, 0.1) is 16.6 Å². The molecule has 0 saturated heterocycles. The van der Waals surface area contributed by atoms with Gasteiger partial charge in [0, 0.05) is 12.1 Å². The SMILES string of the molecule is COCCOC(=O)c1cccc(OC(=O)C(C)Oc2ccc(Cl)cc2Br)c1. The molecular weight excluding hydrogens is 440 g/mol. The molecule has 8 heteroatoms. The van der Waals surface area contributed by atoms with Crippen LogP contribution < -0.4 is 9.47 Å². The Balaban J connectivity index is 1.98. The minimum atomic E-state index is -0.875. The van der Waals surface area contributed by atoms with Gasteiger partial charge in [-0.1, -0.05) is 17.7 Å². The van der Waals surface area contributed by atoms with Crippen molar-refractivity contribution < 1.29 is 28.5 Å². The molecule has 0 fully saturated rings. The second-order valence-electron chi connectivity index (χ2n) is 5.41. The van der Waals surface area contributed by atoms with E-state index >= 15 is 0 Å². The summed E-state index contributed by atoms with van der Waals surface area (Å²) in [5.41, 5.74) is 0.269. The first-order valence-electron chi connectivity index (χ1n) is 8.00. The van der Waals surface area contributed by atoms with Crippen molar-refractivity contribution in [3.8, 4) is 11.5 Å². The second-order valence-corrected chi connectivity index (χ2v) is 6.70. The molecule has 0 amide bonds. The highest BCUT2D eigenvalue weighted by Gasteiger charge is 2.19. The number of hydrogen-bond acceptors (Lipinski definition) is 6. The number of carbonyl (C=O) groups excluding carboxylic acids is 2. The van der Waals surface area contributed by atoms with Crippen molar-refractivity contribution >= 4 is 39.5 Å². The molecule has 0 aliphatic rings. The van der Waals surface area contributed by atoms with Gasteiger partial charge in [0.1, 0.15) is 18.1 Å². The molecule has 2 aromatic rings. The summed E-state index contributed by atoms with van der Waals surface area (Å²) in [5, 5.41) is 0.540. The molecule has 0 spiro atoms. The molecule has 0 aromatic heterocycles. The van der Waals surface area contributed by atoms with Gasteiger partial charge in [0.25, 0.3) is 0 Å². The first-order valence-corrected chi connectivity index (χ1v) is 9.17.